The number of nitrogen functional groups attached to an aromatic ring is 1. The van der Waals surface area contributed by atoms with Crippen LogP contribution in [0.5, 0.6) is 0 Å². The van der Waals surface area contributed by atoms with E-state index in [4.69, 9.17) is 5.73 Å². The normalized spacial score (nSPS) is 12.2. The van der Waals surface area contributed by atoms with Crippen LogP contribution in [-0.4, -0.2) is 18.3 Å². The Balaban J connectivity index is 2.73. The first-order valence-corrected chi connectivity index (χ1v) is 5.53. The molecule has 0 aliphatic heterocycles. The Morgan fingerprint density at radius 3 is 2.73 bits per heavy atom. The lowest BCUT2D eigenvalue weighted by Crippen LogP contribution is -2.14. The van der Waals surface area contributed by atoms with E-state index in [2.05, 4.69) is 4.74 Å². The first-order chi connectivity index (χ1) is 7.04. The van der Waals surface area contributed by atoms with Crippen molar-refractivity contribution in [2.24, 2.45) is 0 Å². The van der Waals surface area contributed by atoms with Crippen LogP contribution in [0.3, 0.4) is 0 Å². The van der Waals surface area contributed by atoms with Gasteiger partial charge in [-0.15, -0.1) is 11.8 Å². The molecule has 1 unspecified atom stereocenters. The molecule has 3 nitrogen and oxygen atoms in total. The van der Waals surface area contributed by atoms with Crippen LogP contribution in [0.25, 0.3) is 0 Å². The molecule has 0 aliphatic carbocycles. The Hall–Kier alpha value is -1.16. The van der Waals surface area contributed by atoms with Crippen LogP contribution in [0.15, 0.2) is 23.1 Å². The second-order valence-corrected chi connectivity index (χ2v) is 4.72. The van der Waals surface area contributed by atoms with Gasteiger partial charge in [-0.1, -0.05) is 0 Å². The number of aryl methyl sites for hydroxylation is 1. The van der Waals surface area contributed by atoms with Gasteiger partial charge in [0.05, 0.1) is 7.11 Å². The standard InChI is InChI=1S/C11H15NO2S/c1-7-6-9(4-5-10(7)12)15-8(2)11(13)14-3/h4-6,8H,12H2,1-3H3. The molecule has 0 heterocycles. The number of anilines is 1. The Morgan fingerprint density at radius 2 is 2.20 bits per heavy atom. The average Bonchev–Trinajstić information content (AvgIpc) is 2.22. The molecule has 0 aliphatic rings. The zero-order valence-corrected chi connectivity index (χ0v) is 9.93. The minimum Gasteiger partial charge on any atom is -0.468 e. The molecule has 1 atom stereocenters. The number of carbonyl (C=O) groups is 1. The lowest BCUT2D eigenvalue weighted by molar-refractivity contribution is -0.139. The van der Waals surface area contributed by atoms with Crippen molar-refractivity contribution < 1.29 is 9.53 Å². The third-order valence-corrected chi connectivity index (χ3v) is 3.16. The van der Waals surface area contributed by atoms with Crippen molar-refractivity contribution in [3.05, 3.63) is 23.8 Å². The largest absolute Gasteiger partial charge is 0.468 e. The first-order valence-electron chi connectivity index (χ1n) is 4.65. The van der Waals surface area contributed by atoms with Crippen molar-refractivity contribution in [3.63, 3.8) is 0 Å². The molecule has 4 heteroatoms. The van der Waals surface area contributed by atoms with Crippen LogP contribution in [0, 0.1) is 6.92 Å². The summed E-state index contributed by atoms with van der Waals surface area (Å²) in [4.78, 5) is 12.2. The van der Waals surface area contributed by atoms with E-state index in [1.807, 2.05) is 32.0 Å². The summed E-state index contributed by atoms with van der Waals surface area (Å²) < 4.78 is 4.65. The number of benzene rings is 1. The first kappa shape index (κ1) is 11.9. The molecule has 0 spiro atoms. The molecule has 0 radical (unpaired) electrons. The van der Waals surface area contributed by atoms with Crippen LogP contribution >= 0.6 is 11.8 Å². The maximum Gasteiger partial charge on any atom is 0.318 e. The molecule has 0 fully saturated rings. The summed E-state index contributed by atoms with van der Waals surface area (Å²) in [5.41, 5.74) is 7.50. The van der Waals surface area contributed by atoms with E-state index < -0.39 is 0 Å². The molecule has 1 aromatic rings. The van der Waals surface area contributed by atoms with Crippen molar-refractivity contribution in [1.82, 2.24) is 0 Å². The van der Waals surface area contributed by atoms with E-state index in [-0.39, 0.29) is 11.2 Å². The zero-order chi connectivity index (χ0) is 11.4. The second kappa shape index (κ2) is 5.07. The molecular weight excluding hydrogens is 210 g/mol. The molecule has 1 rings (SSSR count). The van der Waals surface area contributed by atoms with E-state index in [0.717, 1.165) is 16.1 Å². The minimum atomic E-state index is -0.213. The summed E-state index contributed by atoms with van der Waals surface area (Å²) in [6, 6.07) is 5.73. The summed E-state index contributed by atoms with van der Waals surface area (Å²) >= 11 is 1.47. The summed E-state index contributed by atoms with van der Waals surface area (Å²) in [7, 11) is 1.40. The molecule has 1 aromatic carbocycles. The molecule has 0 bridgehead atoms. The molecule has 0 saturated heterocycles. The van der Waals surface area contributed by atoms with Crippen molar-refractivity contribution in [2.75, 3.05) is 12.8 Å². The highest BCUT2D eigenvalue weighted by Gasteiger charge is 2.14. The summed E-state index contributed by atoms with van der Waals surface area (Å²) in [5, 5.41) is -0.196. The number of carbonyl (C=O) groups excluding carboxylic acids is 1. The fourth-order valence-corrected chi connectivity index (χ4v) is 2.13. The maximum atomic E-state index is 11.2. The van der Waals surface area contributed by atoms with Gasteiger partial charge in [0.2, 0.25) is 0 Å². The van der Waals surface area contributed by atoms with Gasteiger partial charge in [-0.3, -0.25) is 4.79 Å². The molecule has 82 valence electrons. The number of esters is 1. The number of hydrogen-bond acceptors (Lipinski definition) is 4. The summed E-state index contributed by atoms with van der Waals surface area (Å²) in [6.45, 7) is 3.77. The van der Waals surface area contributed by atoms with Crippen molar-refractivity contribution in [2.45, 2.75) is 24.0 Å². The van der Waals surface area contributed by atoms with Crippen LogP contribution in [-0.2, 0) is 9.53 Å². The van der Waals surface area contributed by atoms with E-state index in [9.17, 15) is 4.79 Å². The lowest BCUT2D eigenvalue weighted by Gasteiger charge is -2.09. The number of nitrogens with two attached hydrogens (primary N) is 1. The molecule has 0 amide bonds. The van der Waals surface area contributed by atoms with Crippen molar-refractivity contribution >= 4 is 23.4 Å². The molecule has 15 heavy (non-hydrogen) atoms. The number of methoxy groups -OCH3 is 1. The minimum absolute atomic E-state index is 0.196. The highest BCUT2D eigenvalue weighted by molar-refractivity contribution is 8.00. The molecule has 0 aromatic heterocycles. The van der Waals surface area contributed by atoms with Crippen molar-refractivity contribution in [1.29, 1.82) is 0 Å². The fourth-order valence-electron chi connectivity index (χ4n) is 1.14. The molecular formula is C11H15NO2S. The second-order valence-electron chi connectivity index (χ2n) is 3.30. The van der Waals surface area contributed by atoms with E-state index in [0.29, 0.717) is 0 Å². The van der Waals surface area contributed by atoms with Gasteiger partial charge in [-0.25, -0.2) is 0 Å². The predicted molar refractivity (Wildman–Crippen MR) is 62.9 cm³/mol. The predicted octanol–water partition coefficient (Wildman–Crippen LogP) is 2.23. The molecule has 0 saturated carbocycles. The number of ether oxygens (including phenoxy) is 1. The highest BCUT2D eigenvalue weighted by Crippen LogP contribution is 2.26. The van der Waals surface area contributed by atoms with Gasteiger partial charge in [0.25, 0.3) is 0 Å². The topological polar surface area (TPSA) is 52.3 Å². The third kappa shape index (κ3) is 3.16. The van der Waals surface area contributed by atoms with Gasteiger partial charge in [-0.2, -0.15) is 0 Å². The number of thioether (sulfide) groups is 1. The summed E-state index contributed by atoms with van der Waals surface area (Å²) in [5.74, 6) is -0.213. The Labute approximate surface area is 94.0 Å². The quantitative estimate of drug-likeness (QED) is 0.487. The van der Waals surface area contributed by atoms with Crippen LogP contribution < -0.4 is 5.73 Å². The lowest BCUT2D eigenvalue weighted by atomic mass is 10.2. The van der Waals surface area contributed by atoms with Crippen LogP contribution in [0.4, 0.5) is 5.69 Å². The Kier molecular flexibility index (Phi) is 4.03. The average molecular weight is 225 g/mol. The van der Waals surface area contributed by atoms with E-state index in [1.165, 1.54) is 18.9 Å². The Morgan fingerprint density at radius 1 is 1.53 bits per heavy atom. The Bertz CT molecular complexity index is 366. The highest BCUT2D eigenvalue weighted by atomic mass is 32.2. The van der Waals surface area contributed by atoms with Gasteiger partial charge in [0.15, 0.2) is 0 Å². The van der Waals surface area contributed by atoms with E-state index >= 15 is 0 Å². The fraction of sp³-hybridized carbons (Fsp3) is 0.364. The smallest absolute Gasteiger partial charge is 0.318 e. The van der Waals surface area contributed by atoms with Crippen LogP contribution in [0.2, 0.25) is 0 Å². The van der Waals surface area contributed by atoms with Gasteiger partial charge < -0.3 is 10.5 Å². The number of rotatable bonds is 3. The van der Waals surface area contributed by atoms with Crippen molar-refractivity contribution in [3.8, 4) is 0 Å². The van der Waals surface area contributed by atoms with Crippen LogP contribution in [0.1, 0.15) is 12.5 Å². The third-order valence-electron chi connectivity index (χ3n) is 2.09. The SMILES string of the molecule is COC(=O)C(C)Sc1ccc(N)c(C)c1. The van der Waals surface area contributed by atoms with Gasteiger partial charge in [-0.05, 0) is 37.6 Å². The maximum absolute atomic E-state index is 11.2. The number of hydrogen-bond donors (Lipinski definition) is 1. The molecule has 2 N–H and O–H groups in total. The zero-order valence-electron chi connectivity index (χ0n) is 9.11. The van der Waals surface area contributed by atoms with Gasteiger partial charge in [0, 0.05) is 10.6 Å². The summed E-state index contributed by atoms with van der Waals surface area (Å²) in [6.07, 6.45) is 0. The van der Waals surface area contributed by atoms with Gasteiger partial charge in [0.1, 0.15) is 5.25 Å². The monoisotopic (exact) mass is 225 g/mol. The van der Waals surface area contributed by atoms with Gasteiger partial charge >= 0.3 is 5.97 Å². The van der Waals surface area contributed by atoms with E-state index in [1.54, 1.807) is 0 Å².